The van der Waals surface area contributed by atoms with E-state index in [0.29, 0.717) is 12.8 Å². The van der Waals surface area contributed by atoms with Gasteiger partial charge < -0.3 is 15.4 Å². The van der Waals surface area contributed by atoms with E-state index in [9.17, 15) is 26.4 Å². The molecule has 34 heavy (non-hydrogen) atoms. The molecule has 180 valence electrons. The summed E-state index contributed by atoms with van der Waals surface area (Å²) in [7, 11) is -2.30. The fourth-order valence-electron chi connectivity index (χ4n) is 3.02. The number of benzene rings is 1. The first-order valence-electron chi connectivity index (χ1n) is 9.91. The highest BCUT2D eigenvalue weighted by Gasteiger charge is 2.38. The zero-order chi connectivity index (χ0) is 24.5. The van der Waals surface area contributed by atoms with Crippen molar-refractivity contribution in [3.63, 3.8) is 0 Å². The van der Waals surface area contributed by atoms with Gasteiger partial charge in [0.05, 0.1) is 16.7 Å². The van der Waals surface area contributed by atoms with E-state index in [4.69, 9.17) is 0 Å². The average molecular weight is 497 g/mol. The number of nitrogens with zero attached hydrogens (tertiary/aromatic N) is 5. The quantitative estimate of drug-likeness (QED) is 0.477. The Labute approximate surface area is 191 Å². The number of amides is 1. The number of anilines is 1. The van der Waals surface area contributed by atoms with Crippen LogP contribution in [0.15, 0.2) is 41.6 Å². The number of ether oxygens (including phenoxy) is 1. The Balaban J connectivity index is 1.61. The molecule has 2 aromatic heterocycles. The first kappa shape index (κ1) is 23.4. The zero-order valence-corrected chi connectivity index (χ0v) is 18.4. The molecule has 0 atom stereocenters. The predicted molar refractivity (Wildman–Crippen MR) is 111 cm³/mol. The summed E-state index contributed by atoms with van der Waals surface area (Å²) in [5.74, 6) is -1.03. The summed E-state index contributed by atoms with van der Waals surface area (Å²) >= 11 is 0. The van der Waals surface area contributed by atoms with Crippen molar-refractivity contribution in [1.29, 1.82) is 0 Å². The van der Waals surface area contributed by atoms with Crippen LogP contribution >= 0.6 is 0 Å². The molecule has 1 aliphatic rings. The van der Waals surface area contributed by atoms with Crippen molar-refractivity contribution in [2.45, 2.75) is 35.9 Å². The van der Waals surface area contributed by atoms with Crippen LogP contribution < -0.4 is 15.4 Å². The molecule has 1 amide bonds. The second-order valence-corrected chi connectivity index (χ2v) is 9.46. The number of hydrogen-bond donors (Lipinski definition) is 2. The van der Waals surface area contributed by atoms with Gasteiger partial charge in [-0.05, 0) is 37.1 Å². The number of nitrogens with one attached hydrogen (secondary N) is 2. The van der Waals surface area contributed by atoms with Crippen LogP contribution in [0.5, 0.6) is 5.75 Å². The number of aromatic nitrogens is 5. The SMILES string of the molecule is CNc1nc(CNC(=O)c2cc(OC(F)(F)F)cc(S(=O)(=O)C3CC3)c2)n(-c2ncccn2)n1. The summed E-state index contributed by atoms with van der Waals surface area (Å²) in [4.78, 5) is 24.7. The number of alkyl halides is 3. The second-order valence-electron chi connectivity index (χ2n) is 7.23. The van der Waals surface area contributed by atoms with Crippen LogP contribution in [0, 0.1) is 0 Å². The molecule has 2 N–H and O–H groups in total. The lowest BCUT2D eigenvalue weighted by Gasteiger charge is -2.13. The van der Waals surface area contributed by atoms with E-state index >= 15 is 0 Å². The Hall–Kier alpha value is -3.75. The van der Waals surface area contributed by atoms with Gasteiger partial charge in [-0.2, -0.15) is 9.67 Å². The largest absolute Gasteiger partial charge is 0.573 e. The van der Waals surface area contributed by atoms with Gasteiger partial charge >= 0.3 is 6.36 Å². The van der Waals surface area contributed by atoms with E-state index in [1.54, 1.807) is 13.1 Å². The molecule has 15 heteroatoms. The summed E-state index contributed by atoms with van der Waals surface area (Å²) in [6.07, 6.45) is -1.29. The molecule has 1 aliphatic carbocycles. The van der Waals surface area contributed by atoms with E-state index < -0.39 is 38.0 Å². The van der Waals surface area contributed by atoms with Crippen LogP contribution in [0.3, 0.4) is 0 Å². The summed E-state index contributed by atoms with van der Waals surface area (Å²) in [5.41, 5.74) is -0.322. The Morgan fingerprint density at radius 2 is 1.91 bits per heavy atom. The fraction of sp³-hybridized carbons (Fsp3) is 0.316. The second kappa shape index (κ2) is 8.89. The van der Waals surface area contributed by atoms with Crippen LogP contribution in [0.1, 0.15) is 29.0 Å². The molecule has 0 radical (unpaired) electrons. The van der Waals surface area contributed by atoms with Crippen LogP contribution in [-0.4, -0.2) is 57.7 Å². The number of rotatable bonds is 8. The van der Waals surface area contributed by atoms with Gasteiger partial charge in [-0.15, -0.1) is 18.3 Å². The van der Waals surface area contributed by atoms with Crippen LogP contribution in [0.25, 0.3) is 5.95 Å². The number of carbonyl (C=O) groups is 1. The van der Waals surface area contributed by atoms with Crippen molar-refractivity contribution in [3.8, 4) is 11.7 Å². The highest BCUT2D eigenvalue weighted by molar-refractivity contribution is 7.92. The average Bonchev–Trinajstić information content (AvgIpc) is 3.57. The summed E-state index contributed by atoms with van der Waals surface area (Å²) in [6, 6.07) is 4.21. The third-order valence-electron chi connectivity index (χ3n) is 4.71. The maximum atomic E-state index is 12.8. The standard InChI is InChI=1S/C19H18F3N7O4S/c1-23-17-27-15(29(28-17)18-24-5-2-6-25-18)10-26-16(30)11-7-12(33-19(20,21)22)9-14(8-11)34(31,32)13-3-4-13/h2,5-9,13H,3-4,10H2,1H3,(H,23,28)(H,26,30). The van der Waals surface area contributed by atoms with Gasteiger partial charge in [0.2, 0.25) is 5.95 Å². The third-order valence-corrected chi connectivity index (χ3v) is 6.96. The Morgan fingerprint density at radius 3 is 2.53 bits per heavy atom. The summed E-state index contributed by atoms with van der Waals surface area (Å²) < 4.78 is 68.7. The lowest BCUT2D eigenvalue weighted by atomic mass is 10.2. The lowest BCUT2D eigenvalue weighted by Crippen LogP contribution is -2.26. The molecule has 0 spiro atoms. The molecular weight excluding hydrogens is 479 g/mol. The third kappa shape index (κ3) is 5.24. The van der Waals surface area contributed by atoms with Crippen molar-refractivity contribution in [3.05, 3.63) is 48.0 Å². The molecule has 2 heterocycles. The fourth-order valence-corrected chi connectivity index (χ4v) is 4.73. The smallest absolute Gasteiger partial charge is 0.406 e. The van der Waals surface area contributed by atoms with Gasteiger partial charge in [-0.3, -0.25) is 4.79 Å². The van der Waals surface area contributed by atoms with Gasteiger partial charge in [-0.1, -0.05) is 0 Å². The minimum absolute atomic E-state index is 0.180. The molecule has 4 rings (SSSR count). The zero-order valence-electron chi connectivity index (χ0n) is 17.6. The predicted octanol–water partition coefficient (Wildman–Crippen LogP) is 1.86. The minimum Gasteiger partial charge on any atom is -0.406 e. The van der Waals surface area contributed by atoms with Gasteiger partial charge in [0, 0.05) is 25.0 Å². The maximum absolute atomic E-state index is 12.8. The van der Waals surface area contributed by atoms with Gasteiger partial charge in [0.15, 0.2) is 15.7 Å². The van der Waals surface area contributed by atoms with Crippen molar-refractivity contribution >= 4 is 21.7 Å². The molecule has 0 aliphatic heterocycles. The minimum atomic E-state index is -5.06. The van der Waals surface area contributed by atoms with Crippen LogP contribution in [0.2, 0.25) is 0 Å². The highest BCUT2D eigenvalue weighted by Crippen LogP contribution is 2.36. The summed E-state index contributed by atoms with van der Waals surface area (Å²) in [6.45, 7) is -0.208. The van der Waals surface area contributed by atoms with E-state index in [1.807, 2.05) is 0 Å². The molecule has 0 bridgehead atoms. The maximum Gasteiger partial charge on any atom is 0.573 e. The first-order chi connectivity index (χ1) is 16.1. The molecule has 1 fully saturated rings. The van der Waals surface area contributed by atoms with Crippen LogP contribution in [-0.2, 0) is 16.4 Å². The summed E-state index contributed by atoms with van der Waals surface area (Å²) in [5, 5.41) is 8.73. The number of hydrogen-bond acceptors (Lipinski definition) is 9. The van der Waals surface area contributed by atoms with Crippen molar-refractivity contribution in [2.24, 2.45) is 0 Å². The van der Waals surface area contributed by atoms with Gasteiger partial charge in [0.1, 0.15) is 5.75 Å². The highest BCUT2D eigenvalue weighted by atomic mass is 32.2. The van der Waals surface area contributed by atoms with E-state index in [1.165, 1.54) is 17.1 Å². The number of sulfone groups is 1. The molecule has 0 saturated heterocycles. The Morgan fingerprint density at radius 1 is 1.21 bits per heavy atom. The number of halogens is 3. The Bertz CT molecular complexity index is 1310. The molecular formula is C19H18F3N7O4S. The van der Waals surface area contributed by atoms with Gasteiger partial charge in [0.25, 0.3) is 11.9 Å². The normalized spacial score (nSPS) is 14.0. The van der Waals surface area contributed by atoms with Crippen molar-refractivity contribution < 1.29 is 31.1 Å². The van der Waals surface area contributed by atoms with Gasteiger partial charge in [-0.25, -0.2) is 18.4 Å². The molecule has 11 nitrogen and oxygen atoms in total. The van der Waals surface area contributed by atoms with E-state index in [0.717, 1.165) is 18.2 Å². The first-order valence-corrected chi connectivity index (χ1v) is 11.5. The molecule has 0 unspecified atom stereocenters. The molecule has 1 saturated carbocycles. The van der Waals surface area contributed by atoms with E-state index in [2.05, 4.69) is 35.4 Å². The molecule has 3 aromatic rings. The monoisotopic (exact) mass is 497 g/mol. The number of carbonyl (C=O) groups excluding carboxylic acids is 1. The molecule has 1 aromatic carbocycles. The lowest BCUT2D eigenvalue weighted by molar-refractivity contribution is -0.274. The van der Waals surface area contributed by atoms with Crippen molar-refractivity contribution in [2.75, 3.05) is 12.4 Å². The topological polar surface area (TPSA) is 141 Å². The van der Waals surface area contributed by atoms with Crippen molar-refractivity contribution in [1.82, 2.24) is 30.0 Å². The van der Waals surface area contributed by atoms with Crippen LogP contribution in [0.4, 0.5) is 19.1 Å². The van der Waals surface area contributed by atoms with E-state index in [-0.39, 0.29) is 29.8 Å². The Kier molecular flexibility index (Phi) is 6.12.